The van der Waals surface area contributed by atoms with Gasteiger partial charge in [0.2, 0.25) is 5.88 Å². The van der Waals surface area contributed by atoms with Crippen LogP contribution in [0.15, 0.2) is 57.9 Å². The minimum absolute atomic E-state index is 0.200. The number of hydrogen-bond acceptors (Lipinski definition) is 5. The number of hydrogen-bond donors (Lipinski definition) is 1. The van der Waals surface area contributed by atoms with E-state index in [9.17, 15) is 9.59 Å². The van der Waals surface area contributed by atoms with Crippen LogP contribution in [0.3, 0.4) is 0 Å². The quantitative estimate of drug-likeness (QED) is 0.680. The molecule has 1 atom stereocenters. The Bertz CT molecular complexity index is 1010. The molecule has 0 saturated carbocycles. The smallest absolute Gasteiger partial charge is 0.271 e. The molecular weight excluding hydrogens is 358 g/mol. The van der Waals surface area contributed by atoms with Crippen LogP contribution in [-0.2, 0) is 11.2 Å². The maximum atomic E-state index is 12.2. The molecule has 1 aromatic carbocycles. The molecule has 0 aliphatic heterocycles. The fourth-order valence-electron chi connectivity index (χ4n) is 2.64. The molecule has 3 rings (SSSR count). The molecule has 2 aromatic heterocycles. The van der Waals surface area contributed by atoms with Gasteiger partial charge in [-0.15, -0.1) is 5.10 Å². The summed E-state index contributed by atoms with van der Waals surface area (Å²) < 4.78 is 12.1. The van der Waals surface area contributed by atoms with Gasteiger partial charge in [0.05, 0.1) is 12.0 Å². The molecule has 0 radical (unpaired) electrons. The van der Waals surface area contributed by atoms with E-state index in [1.807, 2.05) is 38.1 Å². The largest absolute Gasteiger partial charge is 0.469 e. The molecule has 7 nitrogen and oxygen atoms in total. The molecule has 0 fully saturated rings. The molecule has 0 bridgehead atoms. The first kappa shape index (κ1) is 19.4. The predicted molar refractivity (Wildman–Crippen MR) is 105 cm³/mol. The Morgan fingerprint density at radius 1 is 1.21 bits per heavy atom. The summed E-state index contributed by atoms with van der Waals surface area (Å²) in [6.45, 7) is 6.05. The highest BCUT2D eigenvalue weighted by atomic mass is 16.5. The van der Waals surface area contributed by atoms with Crippen LogP contribution in [0.25, 0.3) is 5.69 Å². The summed E-state index contributed by atoms with van der Waals surface area (Å²) in [5, 5.41) is 7.04. The Balaban J connectivity index is 1.65. The fraction of sp³-hybridized carbons (Fsp3) is 0.286. The topological polar surface area (TPSA) is 86.4 Å². The van der Waals surface area contributed by atoms with E-state index in [-0.39, 0.29) is 17.3 Å². The van der Waals surface area contributed by atoms with Gasteiger partial charge in [-0.05, 0) is 56.2 Å². The van der Waals surface area contributed by atoms with Gasteiger partial charge in [0.15, 0.2) is 6.10 Å². The maximum absolute atomic E-state index is 12.2. The lowest BCUT2D eigenvalue weighted by Crippen LogP contribution is -2.37. The van der Waals surface area contributed by atoms with E-state index in [0.29, 0.717) is 18.7 Å². The van der Waals surface area contributed by atoms with Gasteiger partial charge in [-0.1, -0.05) is 6.07 Å². The minimum Gasteiger partial charge on any atom is -0.469 e. The predicted octanol–water partition coefficient (Wildman–Crippen LogP) is 2.57. The third kappa shape index (κ3) is 4.68. The Kier molecular flexibility index (Phi) is 5.93. The van der Waals surface area contributed by atoms with E-state index in [1.165, 1.54) is 16.8 Å². The Morgan fingerprint density at radius 2 is 2.04 bits per heavy atom. The molecule has 0 aliphatic carbocycles. The van der Waals surface area contributed by atoms with E-state index in [0.717, 1.165) is 16.9 Å². The minimum atomic E-state index is -0.755. The van der Waals surface area contributed by atoms with E-state index in [1.54, 1.807) is 19.3 Å². The van der Waals surface area contributed by atoms with E-state index >= 15 is 0 Å². The summed E-state index contributed by atoms with van der Waals surface area (Å²) >= 11 is 0. The fourth-order valence-corrected chi connectivity index (χ4v) is 2.64. The summed E-state index contributed by atoms with van der Waals surface area (Å²) in [6.07, 6.45) is 1.44. The first-order valence-electron chi connectivity index (χ1n) is 9.09. The molecule has 3 aromatic rings. The molecule has 0 aliphatic rings. The van der Waals surface area contributed by atoms with Gasteiger partial charge in [-0.3, -0.25) is 9.59 Å². The second-order valence-corrected chi connectivity index (χ2v) is 6.57. The lowest BCUT2D eigenvalue weighted by molar-refractivity contribution is -0.127. The van der Waals surface area contributed by atoms with Gasteiger partial charge < -0.3 is 14.5 Å². The van der Waals surface area contributed by atoms with Crippen molar-refractivity contribution < 1.29 is 13.9 Å². The molecule has 0 unspecified atom stereocenters. The number of carbonyl (C=O) groups is 1. The molecule has 1 amide bonds. The zero-order chi connectivity index (χ0) is 20.1. The van der Waals surface area contributed by atoms with Gasteiger partial charge in [-0.25, -0.2) is 0 Å². The molecule has 0 saturated heterocycles. The first-order valence-corrected chi connectivity index (χ1v) is 9.09. The third-order valence-electron chi connectivity index (χ3n) is 4.43. The average Bonchev–Trinajstić information content (AvgIpc) is 3.19. The second kappa shape index (κ2) is 8.56. The van der Waals surface area contributed by atoms with Crippen LogP contribution in [0, 0.1) is 13.8 Å². The number of nitrogens with one attached hydrogen (secondary N) is 1. The van der Waals surface area contributed by atoms with Gasteiger partial charge in [0.1, 0.15) is 5.76 Å². The highest BCUT2D eigenvalue weighted by Crippen LogP contribution is 2.13. The Morgan fingerprint density at radius 3 is 2.75 bits per heavy atom. The summed E-state index contributed by atoms with van der Waals surface area (Å²) in [6, 6.07) is 12.1. The number of carbonyl (C=O) groups excluding carboxylic acids is 1. The van der Waals surface area contributed by atoms with Crippen LogP contribution in [-0.4, -0.2) is 28.3 Å². The molecule has 28 heavy (non-hydrogen) atoms. The van der Waals surface area contributed by atoms with E-state index in [4.69, 9.17) is 9.15 Å². The molecule has 2 heterocycles. The van der Waals surface area contributed by atoms with E-state index < -0.39 is 6.10 Å². The lowest BCUT2D eigenvalue weighted by atomic mass is 10.1. The molecule has 7 heteroatoms. The standard InChI is InChI=1S/C21H23N3O4/c1-14-6-7-17(13-15(14)2)24-20(25)9-8-19(23-24)28-16(3)21(26)22-11-10-18-5-4-12-27-18/h4-9,12-13,16H,10-11H2,1-3H3,(H,22,26)/t16-/m0/s1. The normalized spacial score (nSPS) is 11.8. The maximum Gasteiger partial charge on any atom is 0.271 e. The average molecular weight is 381 g/mol. The van der Waals surface area contributed by atoms with Crippen molar-refractivity contribution in [2.75, 3.05) is 6.54 Å². The van der Waals surface area contributed by atoms with Crippen LogP contribution in [0.5, 0.6) is 5.88 Å². The Hall–Kier alpha value is -3.35. The van der Waals surface area contributed by atoms with Gasteiger partial charge in [0.25, 0.3) is 11.5 Å². The molecular formula is C21H23N3O4. The zero-order valence-electron chi connectivity index (χ0n) is 16.1. The summed E-state index contributed by atoms with van der Waals surface area (Å²) in [5.74, 6) is 0.736. The number of aromatic nitrogens is 2. The number of rotatable bonds is 7. The van der Waals surface area contributed by atoms with Crippen LogP contribution >= 0.6 is 0 Å². The number of furan rings is 1. The Labute approximate surface area is 162 Å². The molecule has 1 N–H and O–H groups in total. The highest BCUT2D eigenvalue weighted by molar-refractivity contribution is 5.80. The van der Waals surface area contributed by atoms with Gasteiger partial charge in [-0.2, -0.15) is 4.68 Å². The number of aryl methyl sites for hydroxylation is 2. The summed E-state index contributed by atoms with van der Waals surface area (Å²) in [5.41, 5.74) is 2.56. The van der Waals surface area contributed by atoms with Crippen molar-refractivity contribution in [2.24, 2.45) is 0 Å². The third-order valence-corrected chi connectivity index (χ3v) is 4.43. The van der Waals surface area contributed by atoms with Crippen molar-refractivity contribution in [1.29, 1.82) is 0 Å². The van der Waals surface area contributed by atoms with Crippen molar-refractivity contribution >= 4 is 5.91 Å². The summed E-state index contributed by atoms with van der Waals surface area (Å²) in [7, 11) is 0. The number of nitrogens with zero attached hydrogens (tertiary/aromatic N) is 2. The summed E-state index contributed by atoms with van der Waals surface area (Å²) in [4.78, 5) is 24.4. The van der Waals surface area contributed by atoms with Crippen molar-refractivity contribution in [3.63, 3.8) is 0 Å². The SMILES string of the molecule is Cc1ccc(-n2nc(O[C@@H](C)C(=O)NCCc3ccco3)ccc2=O)cc1C. The van der Waals surface area contributed by atoms with Crippen LogP contribution in [0.4, 0.5) is 0 Å². The van der Waals surface area contributed by atoms with Crippen LogP contribution < -0.4 is 15.6 Å². The van der Waals surface area contributed by atoms with Crippen LogP contribution in [0.1, 0.15) is 23.8 Å². The van der Waals surface area contributed by atoms with Gasteiger partial charge in [0, 0.05) is 25.1 Å². The highest BCUT2D eigenvalue weighted by Gasteiger charge is 2.16. The van der Waals surface area contributed by atoms with Crippen molar-refractivity contribution in [3.8, 4) is 11.6 Å². The van der Waals surface area contributed by atoms with Crippen molar-refractivity contribution in [2.45, 2.75) is 33.3 Å². The van der Waals surface area contributed by atoms with Crippen molar-refractivity contribution in [1.82, 2.24) is 15.1 Å². The first-order chi connectivity index (χ1) is 13.4. The van der Waals surface area contributed by atoms with Gasteiger partial charge >= 0.3 is 0 Å². The zero-order valence-corrected chi connectivity index (χ0v) is 16.1. The van der Waals surface area contributed by atoms with Crippen molar-refractivity contribution in [3.05, 3.63) is 76.0 Å². The lowest BCUT2D eigenvalue weighted by Gasteiger charge is -2.15. The second-order valence-electron chi connectivity index (χ2n) is 6.57. The monoisotopic (exact) mass is 381 g/mol. The molecule has 146 valence electrons. The van der Waals surface area contributed by atoms with Crippen LogP contribution in [0.2, 0.25) is 0 Å². The number of amides is 1. The van der Waals surface area contributed by atoms with E-state index in [2.05, 4.69) is 10.4 Å². The number of ether oxygens (including phenoxy) is 1. The number of benzene rings is 1. The molecule has 0 spiro atoms.